The fourth-order valence-corrected chi connectivity index (χ4v) is 4.70. The van der Waals surface area contributed by atoms with Crippen molar-refractivity contribution < 1.29 is 17.4 Å². The molecular weight excluding hydrogens is 469 g/mol. The molecule has 0 aliphatic carbocycles. The third-order valence-corrected chi connectivity index (χ3v) is 6.66. The van der Waals surface area contributed by atoms with E-state index >= 15 is 0 Å². The molecule has 5 nitrogen and oxygen atoms in total. The molecule has 1 atom stereocenters. The molecule has 3 aromatic heterocycles. The highest BCUT2D eigenvalue weighted by molar-refractivity contribution is 9.10. The summed E-state index contributed by atoms with van der Waals surface area (Å²) < 4.78 is 54.4. The largest absolute Gasteiger partial charge is 0.417 e. The van der Waals surface area contributed by atoms with Gasteiger partial charge in [-0.05, 0) is 12.1 Å². The molecule has 0 radical (unpaired) electrons. The van der Waals surface area contributed by atoms with Crippen LogP contribution in [0.5, 0.6) is 0 Å². The third-order valence-electron chi connectivity index (χ3n) is 4.57. The molecule has 0 fully saturated rings. The first kappa shape index (κ1) is 20.0. The van der Waals surface area contributed by atoms with Crippen molar-refractivity contribution >= 4 is 48.7 Å². The number of pyridine rings is 2. The maximum absolute atomic E-state index is 13.0. The number of halogens is 4. The van der Waals surface area contributed by atoms with E-state index in [2.05, 4.69) is 30.9 Å². The number of hydrogen-bond donors (Lipinski definition) is 0. The average Bonchev–Trinajstić information content (AvgIpc) is 3.02. The summed E-state index contributed by atoms with van der Waals surface area (Å²) >= 11 is 3.48. The molecule has 4 rings (SSSR count). The molecule has 1 unspecified atom stereocenters. The minimum Gasteiger partial charge on any atom is -0.310 e. The Bertz CT molecular complexity index is 1290. The highest BCUT2D eigenvalue weighted by atomic mass is 79.9. The van der Waals surface area contributed by atoms with Gasteiger partial charge in [-0.25, -0.2) is 9.97 Å². The van der Waals surface area contributed by atoms with Crippen LogP contribution in [0.3, 0.4) is 0 Å². The van der Waals surface area contributed by atoms with Gasteiger partial charge in [0.2, 0.25) is 0 Å². The van der Waals surface area contributed by atoms with Gasteiger partial charge in [0, 0.05) is 40.4 Å². The third kappa shape index (κ3) is 3.33. The molecule has 0 N–H and O–H groups in total. The van der Waals surface area contributed by atoms with Crippen LogP contribution in [0.1, 0.15) is 12.5 Å². The second-order valence-electron chi connectivity index (χ2n) is 6.33. The standard InChI is InChI=1S/C19H14BrF3N4OS/c1-3-29(28)16-11-5-4-6-13(20)12(11)9-24-15(16)18-26-14-7-10(19(21,22)23)8-25-17(14)27(18)2/h4-9H,3H2,1-2H3. The molecule has 3 heterocycles. The number of rotatable bonds is 3. The lowest BCUT2D eigenvalue weighted by molar-refractivity contribution is -0.137. The second kappa shape index (κ2) is 7.17. The first-order valence-corrected chi connectivity index (χ1v) is 10.7. The minimum absolute atomic E-state index is 0.0988. The molecule has 0 saturated heterocycles. The van der Waals surface area contributed by atoms with Crippen molar-refractivity contribution in [2.24, 2.45) is 7.05 Å². The lowest BCUT2D eigenvalue weighted by Gasteiger charge is -2.12. The zero-order valence-corrected chi connectivity index (χ0v) is 17.7. The normalized spacial score (nSPS) is 13.3. The topological polar surface area (TPSA) is 60.7 Å². The van der Waals surface area contributed by atoms with E-state index in [0.717, 1.165) is 27.5 Å². The number of alkyl halides is 3. The molecular formula is C19H14BrF3N4OS. The quantitative estimate of drug-likeness (QED) is 0.407. The summed E-state index contributed by atoms with van der Waals surface area (Å²) in [4.78, 5) is 13.3. The van der Waals surface area contributed by atoms with E-state index in [-0.39, 0.29) is 11.2 Å². The van der Waals surface area contributed by atoms with Gasteiger partial charge in [0.05, 0.1) is 21.3 Å². The molecule has 1 aromatic carbocycles. The number of benzene rings is 1. The Morgan fingerprint density at radius 3 is 2.62 bits per heavy atom. The molecule has 0 bridgehead atoms. The van der Waals surface area contributed by atoms with Crippen molar-refractivity contribution in [3.8, 4) is 11.5 Å². The number of aromatic nitrogens is 4. The van der Waals surface area contributed by atoms with Crippen LogP contribution in [0, 0.1) is 0 Å². The number of hydrogen-bond acceptors (Lipinski definition) is 4. The van der Waals surface area contributed by atoms with Gasteiger partial charge in [-0.1, -0.05) is 35.0 Å². The molecule has 29 heavy (non-hydrogen) atoms. The molecule has 0 spiro atoms. The molecule has 0 aliphatic heterocycles. The monoisotopic (exact) mass is 482 g/mol. The van der Waals surface area contributed by atoms with E-state index in [1.54, 1.807) is 24.7 Å². The fraction of sp³-hybridized carbons (Fsp3) is 0.211. The molecule has 4 aromatic rings. The van der Waals surface area contributed by atoms with Gasteiger partial charge in [-0.2, -0.15) is 13.2 Å². The van der Waals surface area contributed by atoms with Gasteiger partial charge in [-0.15, -0.1) is 0 Å². The highest BCUT2D eigenvalue weighted by Crippen LogP contribution is 2.35. The van der Waals surface area contributed by atoms with Crippen molar-refractivity contribution in [3.05, 3.63) is 46.7 Å². The van der Waals surface area contributed by atoms with Crippen LogP contribution in [-0.4, -0.2) is 29.5 Å². The van der Waals surface area contributed by atoms with Gasteiger partial charge < -0.3 is 4.57 Å². The summed E-state index contributed by atoms with van der Waals surface area (Å²) in [5.41, 5.74) is -0.119. The smallest absolute Gasteiger partial charge is 0.310 e. The first-order chi connectivity index (χ1) is 13.7. The molecule has 0 amide bonds. The summed E-state index contributed by atoms with van der Waals surface area (Å²) in [6.07, 6.45) is -2.09. The van der Waals surface area contributed by atoms with Gasteiger partial charge in [0.1, 0.15) is 11.2 Å². The lowest BCUT2D eigenvalue weighted by Crippen LogP contribution is -2.05. The molecule has 10 heteroatoms. The Hall–Kier alpha value is -2.33. The fourth-order valence-electron chi connectivity index (χ4n) is 3.16. The first-order valence-electron chi connectivity index (χ1n) is 8.58. The number of imidazole rings is 1. The Labute approximate surface area is 174 Å². The van der Waals surface area contributed by atoms with E-state index in [1.165, 1.54) is 0 Å². The van der Waals surface area contributed by atoms with E-state index in [9.17, 15) is 17.4 Å². The maximum Gasteiger partial charge on any atom is 0.417 e. The van der Waals surface area contributed by atoms with Gasteiger partial charge in [0.25, 0.3) is 0 Å². The summed E-state index contributed by atoms with van der Waals surface area (Å²) in [5, 5.41) is 1.55. The van der Waals surface area contributed by atoms with Crippen LogP contribution in [-0.2, 0) is 24.0 Å². The van der Waals surface area contributed by atoms with E-state index < -0.39 is 22.5 Å². The van der Waals surface area contributed by atoms with Gasteiger partial charge >= 0.3 is 6.18 Å². The van der Waals surface area contributed by atoms with Crippen LogP contribution in [0.15, 0.2) is 46.0 Å². The van der Waals surface area contributed by atoms with E-state index in [1.807, 2.05) is 18.2 Å². The second-order valence-corrected chi connectivity index (χ2v) is 8.86. The number of fused-ring (bicyclic) bond motifs is 2. The van der Waals surface area contributed by atoms with Crippen molar-refractivity contribution in [1.82, 2.24) is 19.5 Å². The van der Waals surface area contributed by atoms with E-state index in [0.29, 0.717) is 22.2 Å². The van der Waals surface area contributed by atoms with Crippen molar-refractivity contribution in [3.63, 3.8) is 0 Å². The molecule has 0 saturated carbocycles. The molecule has 0 aliphatic rings. The van der Waals surface area contributed by atoms with Crippen LogP contribution in [0.4, 0.5) is 13.2 Å². The Morgan fingerprint density at radius 2 is 1.93 bits per heavy atom. The predicted molar refractivity (Wildman–Crippen MR) is 109 cm³/mol. The van der Waals surface area contributed by atoms with Gasteiger partial charge in [0.15, 0.2) is 11.5 Å². The summed E-state index contributed by atoms with van der Waals surface area (Å²) in [7, 11) is 0.278. The zero-order valence-electron chi connectivity index (χ0n) is 15.3. The van der Waals surface area contributed by atoms with Crippen molar-refractivity contribution in [2.75, 3.05) is 5.75 Å². The lowest BCUT2D eigenvalue weighted by atomic mass is 10.1. The zero-order chi connectivity index (χ0) is 20.9. The Balaban J connectivity index is 2.03. The summed E-state index contributed by atoms with van der Waals surface area (Å²) in [6, 6.07) is 6.50. The van der Waals surface area contributed by atoms with Crippen molar-refractivity contribution in [1.29, 1.82) is 0 Å². The Morgan fingerprint density at radius 1 is 1.17 bits per heavy atom. The van der Waals surface area contributed by atoms with Gasteiger partial charge in [-0.3, -0.25) is 9.19 Å². The Kier molecular flexibility index (Phi) is 4.94. The summed E-state index contributed by atoms with van der Waals surface area (Å²) in [5.74, 6) is 0.672. The van der Waals surface area contributed by atoms with Crippen LogP contribution in [0.25, 0.3) is 33.5 Å². The summed E-state index contributed by atoms with van der Waals surface area (Å²) in [6.45, 7) is 1.79. The predicted octanol–water partition coefficient (Wildman–Crippen LogP) is 5.09. The number of aryl methyl sites for hydroxylation is 1. The average molecular weight is 483 g/mol. The number of nitrogens with zero attached hydrogens (tertiary/aromatic N) is 4. The van der Waals surface area contributed by atoms with Crippen molar-refractivity contribution in [2.45, 2.75) is 18.0 Å². The van der Waals surface area contributed by atoms with Crippen LogP contribution in [0.2, 0.25) is 0 Å². The van der Waals surface area contributed by atoms with Crippen LogP contribution >= 0.6 is 15.9 Å². The van der Waals surface area contributed by atoms with E-state index in [4.69, 9.17) is 0 Å². The van der Waals surface area contributed by atoms with Crippen LogP contribution < -0.4 is 0 Å². The maximum atomic E-state index is 13.0. The minimum atomic E-state index is -4.51. The highest BCUT2D eigenvalue weighted by Gasteiger charge is 2.32. The SMILES string of the molecule is CCS(=O)c1c(-c2nc3cc(C(F)(F)F)cnc3n2C)ncc2c(Br)cccc12. The molecule has 150 valence electrons.